The van der Waals surface area contributed by atoms with Gasteiger partial charge >= 0.3 is 0 Å². The van der Waals surface area contributed by atoms with Gasteiger partial charge in [-0.25, -0.2) is 8.42 Å². The molecule has 6 heteroatoms. The summed E-state index contributed by atoms with van der Waals surface area (Å²) in [5.41, 5.74) is 0. The highest BCUT2D eigenvalue weighted by Crippen LogP contribution is 2.07. The van der Waals surface area contributed by atoms with Crippen LogP contribution in [0.1, 0.15) is 6.42 Å². The van der Waals surface area contributed by atoms with E-state index in [2.05, 4.69) is 5.32 Å². The molecule has 1 saturated heterocycles. The van der Waals surface area contributed by atoms with Crippen LogP contribution >= 0.6 is 0 Å². The highest BCUT2D eigenvalue weighted by Gasteiger charge is 2.22. The number of rotatable bonds is 5. The van der Waals surface area contributed by atoms with Gasteiger partial charge in [0.1, 0.15) is 9.84 Å². The van der Waals surface area contributed by atoms with Gasteiger partial charge in [0.05, 0.1) is 11.9 Å². The van der Waals surface area contributed by atoms with Crippen LogP contribution in [0.3, 0.4) is 0 Å². The number of sulfone groups is 1. The molecule has 0 aromatic carbocycles. The largest absolute Gasteiger partial charge is 0.392 e. The lowest BCUT2D eigenvalue weighted by molar-refractivity contribution is 0.190. The number of nitrogens with one attached hydrogen (secondary N) is 1. The van der Waals surface area contributed by atoms with Crippen LogP contribution in [0, 0.1) is 0 Å². The summed E-state index contributed by atoms with van der Waals surface area (Å²) in [6.45, 7) is 1.98. The molecule has 0 aliphatic carbocycles. The SMILES string of the molecule is CN(CCS(C)(=O)=O)CC1CC(O)CN1. The molecule has 0 bridgehead atoms. The van der Waals surface area contributed by atoms with Gasteiger partial charge in [-0.3, -0.25) is 0 Å². The number of aliphatic hydroxyl groups excluding tert-OH is 1. The average molecular weight is 236 g/mol. The van der Waals surface area contributed by atoms with E-state index >= 15 is 0 Å². The molecular formula is C9H20N2O3S. The Bertz CT molecular complexity index is 292. The second-order valence-electron chi connectivity index (χ2n) is 4.39. The van der Waals surface area contributed by atoms with Crippen molar-refractivity contribution in [2.75, 3.05) is 38.7 Å². The molecule has 1 rings (SSSR count). The molecule has 0 aromatic heterocycles. The van der Waals surface area contributed by atoms with Crippen molar-refractivity contribution in [2.24, 2.45) is 0 Å². The van der Waals surface area contributed by atoms with Crippen molar-refractivity contribution in [1.29, 1.82) is 0 Å². The van der Waals surface area contributed by atoms with E-state index in [0.29, 0.717) is 13.1 Å². The summed E-state index contributed by atoms with van der Waals surface area (Å²) in [4.78, 5) is 1.98. The third kappa shape index (κ3) is 5.46. The maximum Gasteiger partial charge on any atom is 0.148 e. The molecule has 2 N–H and O–H groups in total. The Hall–Kier alpha value is -0.170. The van der Waals surface area contributed by atoms with Crippen LogP contribution < -0.4 is 5.32 Å². The molecule has 2 unspecified atom stereocenters. The van der Waals surface area contributed by atoms with Crippen molar-refractivity contribution < 1.29 is 13.5 Å². The predicted octanol–water partition coefficient (Wildman–Crippen LogP) is -1.31. The topological polar surface area (TPSA) is 69.6 Å². The first kappa shape index (κ1) is 12.9. The molecule has 5 nitrogen and oxygen atoms in total. The lowest BCUT2D eigenvalue weighted by atomic mass is 10.2. The monoisotopic (exact) mass is 236 g/mol. The zero-order chi connectivity index (χ0) is 11.5. The molecule has 0 saturated carbocycles. The van der Waals surface area contributed by atoms with E-state index in [9.17, 15) is 13.5 Å². The lowest BCUT2D eigenvalue weighted by Crippen LogP contribution is -2.37. The average Bonchev–Trinajstić information content (AvgIpc) is 2.47. The van der Waals surface area contributed by atoms with Crippen molar-refractivity contribution in [2.45, 2.75) is 18.6 Å². The van der Waals surface area contributed by atoms with E-state index in [0.717, 1.165) is 13.0 Å². The molecule has 1 aliphatic heterocycles. The highest BCUT2D eigenvalue weighted by atomic mass is 32.2. The van der Waals surface area contributed by atoms with E-state index in [1.807, 2.05) is 11.9 Å². The fourth-order valence-corrected chi connectivity index (χ4v) is 2.37. The van der Waals surface area contributed by atoms with E-state index < -0.39 is 9.84 Å². The molecule has 0 radical (unpaired) electrons. The summed E-state index contributed by atoms with van der Waals surface area (Å²) in [5.74, 6) is 0.193. The fourth-order valence-electron chi connectivity index (χ4n) is 1.73. The van der Waals surface area contributed by atoms with E-state index in [1.165, 1.54) is 6.26 Å². The van der Waals surface area contributed by atoms with Gasteiger partial charge in [-0.15, -0.1) is 0 Å². The Morgan fingerprint density at radius 2 is 2.20 bits per heavy atom. The Balaban J connectivity index is 2.21. The van der Waals surface area contributed by atoms with Crippen molar-refractivity contribution in [3.05, 3.63) is 0 Å². The predicted molar refractivity (Wildman–Crippen MR) is 59.6 cm³/mol. The molecule has 1 fully saturated rings. The molecule has 0 spiro atoms. The minimum Gasteiger partial charge on any atom is -0.392 e. The number of likely N-dealkylation sites (N-methyl/N-ethyl adjacent to an activating group) is 1. The highest BCUT2D eigenvalue weighted by molar-refractivity contribution is 7.90. The Labute approximate surface area is 91.4 Å². The van der Waals surface area contributed by atoms with Crippen molar-refractivity contribution in [3.63, 3.8) is 0 Å². The molecule has 1 heterocycles. The van der Waals surface area contributed by atoms with Crippen LogP contribution in [-0.4, -0.2) is 69.3 Å². The Kier molecular flexibility index (Phi) is 4.51. The van der Waals surface area contributed by atoms with E-state index in [4.69, 9.17) is 0 Å². The molecule has 1 aliphatic rings. The van der Waals surface area contributed by atoms with Crippen molar-refractivity contribution >= 4 is 9.84 Å². The van der Waals surface area contributed by atoms with Gasteiger partial charge in [0, 0.05) is 31.9 Å². The summed E-state index contributed by atoms with van der Waals surface area (Å²) < 4.78 is 21.9. The smallest absolute Gasteiger partial charge is 0.148 e. The number of β-amino-alcohol motifs (C(OH)–C–C–N with tert-alkyl or cyclic N) is 1. The van der Waals surface area contributed by atoms with Crippen LogP contribution in [-0.2, 0) is 9.84 Å². The van der Waals surface area contributed by atoms with Gasteiger partial charge in [0.15, 0.2) is 0 Å². The maximum absolute atomic E-state index is 10.9. The second-order valence-corrected chi connectivity index (χ2v) is 6.65. The number of hydrogen-bond acceptors (Lipinski definition) is 5. The molecule has 15 heavy (non-hydrogen) atoms. The molecule has 2 atom stereocenters. The fraction of sp³-hybridized carbons (Fsp3) is 1.00. The normalized spacial score (nSPS) is 27.5. The number of nitrogens with zero attached hydrogens (tertiary/aromatic N) is 1. The maximum atomic E-state index is 10.9. The van der Waals surface area contributed by atoms with Crippen molar-refractivity contribution in [1.82, 2.24) is 10.2 Å². The zero-order valence-corrected chi connectivity index (χ0v) is 10.1. The van der Waals surface area contributed by atoms with Crippen LogP contribution in [0.4, 0.5) is 0 Å². The standard InChI is InChI=1S/C9H20N2O3S/c1-11(3-4-15(2,13)14)7-8-5-9(12)6-10-8/h8-10,12H,3-7H2,1-2H3. The second kappa shape index (κ2) is 5.25. The molecule has 0 aromatic rings. The van der Waals surface area contributed by atoms with Gasteiger partial charge in [0.25, 0.3) is 0 Å². The lowest BCUT2D eigenvalue weighted by Gasteiger charge is -2.20. The minimum atomic E-state index is -2.88. The third-order valence-corrected chi connectivity index (χ3v) is 3.50. The van der Waals surface area contributed by atoms with E-state index in [1.54, 1.807) is 0 Å². The summed E-state index contributed by atoms with van der Waals surface area (Å²) in [5, 5.41) is 12.5. The number of aliphatic hydroxyl groups is 1. The Morgan fingerprint density at radius 1 is 1.53 bits per heavy atom. The van der Waals surface area contributed by atoms with E-state index in [-0.39, 0.29) is 17.9 Å². The summed E-state index contributed by atoms with van der Waals surface area (Å²) in [6.07, 6.45) is 1.75. The first-order chi connectivity index (χ1) is 6.87. The Morgan fingerprint density at radius 3 is 2.67 bits per heavy atom. The van der Waals surface area contributed by atoms with Crippen LogP contribution in [0.15, 0.2) is 0 Å². The molecule has 90 valence electrons. The zero-order valence-electron chi connectivity index (χ0n) is 9.31. The number of hydrogen-bond donors (Lipinski definition) is 2. The summed E-state index contributed by atoms with van der Waals surface area (Å²) >= 11 is 0. The minimum absolute atomic E-state index is 0.193. The van der Waals surface area contributed by atoms with Gasteiger partial charge in [-0.05, 0) is 13.5 Å². The molecule has 0 amide bonds. The van der Waals surface area contributed by atoms with Crippen LogP contribution in [0.5, 0.6) is 0 Å². The van der Waals surface area contributed by atoms with Gasteiger partial charge in [0.2, 0.25) is 0 Å². The van der Waals surface area contributed by atoms with Crippen LogP contribution in [0.2, 0.25) is 0 Å². The summed E-state index contributed by atoms with van der Waals surface area (Å²) in [7, 11) is -0.975. The van der Waals surface area contributed by atoms with Gasteiger partial charge in [-0.2, -0.15) is 0 Å². The van der Waals surface area contributed by atoms with Gasteiger partial charge in [-0.1, -0.05) is 0 Å². The summed E-state index contributed by atoms with van der Waals surface area (Å²) in [6, 6.07) is 0.282. The first-order valence-corrected chi connectivity index (χ1v) is 7.20. The molecular weight excluding hydrogens is 216 g/mol. The van der Waals surface area contributed by atoms with Gasteiger partial charge < -0.3 is 15.3 Å². The van der Waals surface area contributed by atoms with Crippen LogP contribution in [0.25, 0.3) is 0 Å². The quantitative estimate of drug-likeness (QED) is 0.620. The van der Waals surface area contributed by atoms with Crippen molar-refractivity contribution in [3.8, 4) is 0 Å². The first-order valence-electron chi connectivity index (χ1n) is 5.14. The third-order valence-electron chi connectivity index (χ3n) is 2.57.